The van der Waals surface area contributed by atoms with Crippen molar-refractivity contribution in [2.45, 2.75) is 12.3 Å². The quantitative estimate of drug-likeness (QED) is 0.651. The number of H-pyrrole nitrogens is 1. The first-order valence-electron chi connectivity index (χ1n) is 7.68. The molecule has 4 rings (SSSR count). The Morgan fingerprint density at radius 1 is 1.38 bits per heavy atom. The Morgan fingerprint density at radius 3 is 3.04 bits per heavy atom. The molecule has 24 heavy (non-hydrogen) atoms. The predicted molar refractivity (Wildman–Crippen MR) is 85.9 cm³/mol. The molecule has 1 saturated heterocycles. The van der Waals surface area contributed by atoms with Crippen LogP contribution in [0.2, 0.25) is 0 Å². The molecule has 1 amide bonds. The summed E-state index contributed by atoms with van der Waals surface area (Å²) in [6.07, 6.45) is 5.62. The third-order valence-corrected chi connectivity index (χ3v) is 3.99. The molecule has 0 saturated carbocycles. The van der Waals surface area contributed by atoms with E-state index in [1.54, 1.807) is 29.3 Å². The molecule has 1 aliphatic rings. The molecule has 0 bridgehead atoms. The number of hydrogen-bond acceptors (Lipinski definition) is 6. The highest BCUT2D eigenvalue weighted by Gasteiger charge is 2.20. The monoisotopic (exact) mass is 324 g/mol. The van der Waals surface area contributed by atoms with Gasteiger partial charge in [0.05, 0.1) is 11.9 Å². The van der Waals surface area contributed by atoms with Crippen molar-refractivity contribution < 1.29 is 4.79 Å². The molecule has 1 unspecified atom stereocenters. The molecule has 1 aliphatic heterocycles. The van der Waals surface area contributed by atoms with E-state index in [0.717, 1.165) is 25.2 Å². The van der Waals surface area contributed by atoms with Crippen LogP contribution >= 0.6 is 0 Å². The maximum absolute atomic E-state index is 12.3. The minimum Gasteiger partial charge on any atom is -0.319 e. The second-order valence-corrected chi connectivity index (χ2v) is 5.60. The van der Waals surface area contributed by atoms with E-state index >= 15 is 0 Å². The summed E-state index contributed by atoms with van der Waals surface area (Å²) in [5, 5.41) is 17.2. The Balaban J connectivity index is 1.44. The van der Waals surface area contributed by atoms with Gasteiger partial charge in [-0.2, -0.15) is 10.2 Å². The molecule has 3 N–H and O–H groups in total. The summed E-state index contributed by atoms with van der Waals surface area (Å²) >= 11 is 0. The van der Waals surface area contributed by atoms with Gasteiger partial charge >= 0.3 is 0 Å². The molecule has 1 fully saturated rings. The first-order valence-corrected chi connectivity index (χ1v) is 7.68. The predicted octanol–water partition coefficient (Wildman–Crippen LogP) is 0.715. The highest BCUT2D eigenvalue weighted by atomic mass is 16.1. The minimum absolute atomic E-state index is 0.265. The van der Waals surface area contributed by atoms with E-state index in [1.807, 2.05) is 6.07 Å². The Bertz CT molecular complexity index is 818. The van der Waals surface area contributed by atoms with Gasteiger partial charge in [0.1, 0.15) is 12.7 Å². The fourth-order valence-corrected chi connectivity index (χ4v) is 2.70. The lowest BCUT2D eigenvalue weighted by Gasteiger charge is -2.04. The minimum atomic E-state index is -0.265. The van der Waals surface area contributed by atoms with Crippen molar-refractivity contribution in [1.82, 2.24) is 35.3 Å². The van der Waals surface area contributed by atoms with Crippen LogP contribution in [0.5, 0.6) is 0 Å². The van der Waals surface area contributed by atoms with Crippen molar-refractivity contribution in [3.05, 3.63) is 48.4 Å². The van der Waals surface area contributed by atoms with Gasteiger partial charge in [0.15, 0.2) is 11.5 Å². The van der Waals surface area contributed by atoms with Crippen molar-refractivity contribution >= 4 is 11.6 Å². The molecule has 0 spiro atoms. The normalized spacial score (nSPS) is 17.1. The zero-order chi connectivity index (χ0) is 16.4. The number of aromatic amines is 1. The van der Waals surface area contributed by atoms with Gasteiger partial charge in [-0.25, -0.2) is 14.6 Å². The highest BCUT2D eigenvalue weighted by Crippen LogP contribution is 2.21. The van der Waals surface area contributed by atoms with Crippen LogP contribution in [-0.4, -0.2) is 48.9 Å². The highest BCUT2D eigenvalue weighted by molar-refractivity contribution is 6.02. The number of aromatic nitrogens is 6. The lowest BCUT2D eigenvalue weighted by Crippen LogP contribution is -2.13. The zero-order valence-electron chi connectivity index (χ0n) is 12.8. The van der Waals surface area contributed by atoms with E-state index < -0.39 is 0 Å². The van der Waals surface area contributed by atoms with E-state index in [1.165, 1.54) is 6.33 Å². The van der Waals surface area contributed by atoms with Gasteiger partial charge in [0.25, 0.3) is 5.91 Å². The number of nitrogens with one attached hydrogen (secondary N) is 3. The lowest BCUT2D eigenvalue weighted by molar-refractivity contribution is 0.102. The second-order valence-electron chi connectivity index (χ2n) is 5.60. The molecule has 9 heteroatoms. The number of rotatable bonds is 4. The SMILES string of the molecule is O=C(Nc1ccc(-n2cncn2)nc1)c1cc(C2CCNC2)[nH]n1. The summed E-state index contributed by atoms with van der Waals surface area (Å²) < 4.78 is 1.54. The van der Waals surface area contributed by atoms with Crippen molar-refractivity contribution in [3.63, 3.8) is 0 Å². The Hall–Kier alpha value is -3.07. The standard InChI is InChI=1S/C15H16N8O/c24-15(13-5-12(21-22-13)10-3-4-16-6-10)20-11-1-2-14(18-7-11)23-9-17-8-19-23/h1-2,5,7-10,16H,3-4,6H2,(H,20,24)(H,21,22). The number of amides is 1. The molecule has 3 aromatic heterocycles. The largest absolute Gasteiger partial charge is 0.319 e. The van der Waals surface area contributed by atoms with Crippen molar-refractivity contribution in [3.8, 4) is 5.82 Å². The maximum Gasteiger partial charge on any atom is 0.276 e. The summed E-state index contributed by atoms with van der Waals surface area (Å²) in [7, 11) is 0. The fourth-order valence-electron chi connectivity index (χ4n) is 2.70. The first-order chi connectivity index (χ1) is 11.8. The van der Waals surface area contributed by atoms with Gasteiger partial charge in [-0.15, -0.1) is 0 Å². The summed E-state index contributed by atoms with van der Waals surface area (Å²) in [5.74, 6) is 0.753. The molecule has 3 aromatic rings. The third-order valence-electron chi connectivity index (χ3n) is 3.99. The summed E-state index contributed by atoms with van der Waals surface area (Å²) in [5.41, 5.74) is 1.96. The molecule has 122 valence electrons. The van der Waals surface area contributed by atoms with Crippen LogP contribution in [-0.2, 0) is 0 Å². The van der Waals surface area contributed by atoms with Gasteiger partial charge in [-0.1, -0.05) is 0 Å². The van der Waals surface area contributed by atoms with Gasteiger partial charge in [-0.3, -0.25) is 9.89 Å². The maximum atomic E-state index is 12.3. The molecule has 0 aliphatic carbocycles. The topological polar surface area (TPSA) is 113 Å². The van der Waals surface area contributed by atoms with Gasteiger partial charge < -0.3 is 10.6 Å². The van der Waals surface area contributed by atoms with Crippen LogP contribution in [0.4, 0.5) is 5.69 Å². The van der Waals surface area contributed by atoms with Crippen LogP contribution in [0, 0.1) is 0 Å². The average Bonchev–Trinajstić information content (AvgIpc) is 3.35. The first kappa shape index (κ1) is 14.5. The van der Waals surface area contributed by atoms with Crippen LogP contribution < -0.4 is 10.6 Å². The third kappa shape index (κ3) is 2.88. The number of carbonyl (C=O) groups is 1. The molecule has 9 nitrogen and oxygen atoms in total. The Morgan fingerprint density at radius 2 is 2.33 bits per heavy atom. The Labute approximate surface area is 137 Å². The smallest absolute Gasteiger partial charge is 0.276 e. The summed E-state index contributed by atoms with van der Waals surface area (Å²) in [4.78, 5) is 20.4. The van der Waals surface area contributed by atoms with Crippen molar-refractivity contribution in [1.29, 1.82) is 0 Å². The average molecular weight is 324 g/mol. The number of nitrogens with zero attached hydrogens (tertiary/aromatic N) is 5. The van der Waals surface area contributed by atoms with Crippen molar-refractivity contribution in [2.24, 2.45) is 0 Å². The van der Waals surface area contributed by atoms with E-state index in [9.17, 15) is 4.79 Å². The van der Waals surface area contributed by atoms with Crippen LogP contribution in [0.3, 0.4) is 0 Å². The van der Waals surface area contributed by atoms with E-state index in [2.05, 4.69) is 35.9 Å². The number of hydrogen-bond donors (Lipinski definition) is 3. The lowest BCUT2D eigenvalue weighted by atomic mass is 10.1. The van der Waals surface area contributed by atoms with Crippen LogP contribution in [0.25, 0.3) is 5.82 Å². The second kappa shape index (κ2) is 6.20. The number of carbonyl (C=O) groups excluding carboxylic acids is 1. The van der Waals surface area contributed by atoms with Crippen molar-refractivity contribution in [2.75, 3.05) is 18.4 Å². The van der Waals surface area contributed by atoms with Gasteiger partial charge in [-0.05, 0) is 31.2 Å². The fraction of sp³-hybridized carbons (Fsp3) is 0.267. The summed E-state index contributed by atoms with van der Waals surface area (Å²) in [6, 6.07) is 5.32. The van der Waals surface area contributed by atoms with Gasteiger partial charge in [0.2, 0.25) is 0 Å². The number of pyridine rings is 1. The molecule has 4 heterocycles. The van der Waals surface area contributed by atoms with E-state index in [0.29, 0.717) is 23.1 Å². The number of anilines is 1. The Kier molecular flexibility index (Phi) is 3.75. The van der Waals surface area contributed by atoms with Crippen LogP contribution in [0.15, 0.2) is 37.1 Å². The molecule has 0 radical (unpaired) electrons. The molecular formula is C15H16N8O. The van der Waals surface area contributed by atoms with Crippen LogP contribution in [0.1, 0.15) is 28.5 Å². The zero-order valence-corrected chi connectivity index (χ0v) is 12.8. The molecule has 1 atom stereocenters. The molecular weight excluding hydrogens is 308 g/mol. The van der Waals surface area contributed by atoms with Gasteiger partial charge in [0, 0.05) is 18.2 Å². The van der Waals surface area contributed by atoms with E-state index in [-0.39, 0.29) is 5.91 Å². The summed E-state index contributed by atoms with van der Waals surface area (Å²) in [6.45, 7) is 1.91. The van der Waals surface area contributed by atoms with E-state index in [4.69, 9.17) is 0 Å². The molecule has 0 aromatic carbocycles.